The van der Waals surface area contributed by atoms with Gasteiger partial charge in [-0.05, 0) is 24.3 Å². The van der Waals surface area contributed by atoms with Crippen LogP contribution in [0.1, 0.15) is 32.1 Å². The van der Waals surface area contributed by atoms with Gasteiger partial charge in [-0.1, -0.05) is 0 Å². The monoisotopic (exact) mass is 286 g/mol. The van der Waals surface area contributed by atoms with Gasteiger partial charge in [0.05, 0.1) is 23.5 Å². The molecule has 0 bridgehead atoms. The number of nitrogens with two attached hydrogens (primary N) is 1. The van der Waals surface area contributed by atoms with Crippen LogP contribution in [0, 0.1) is 0 Å². The number of aromatic nitrogens is 2. The van der Waals surface area contributed by atoms with Gasteiger partial charge in [-0.25, -0.2) is 4.79 Å². The van der Waals surface area contributed by atoms with Crippen LogP contribution in [-0.4, -0.2) is 27.0 Å². The predicted octanol–water partition coefficient (Wildman–Crippen LogP) is 0.563. The maximum absolute atomic E-state index is 12.0. The number of carbonyl (C=O) groups is 2. The van der Waals surface area contributed by atoms with Crippen LogP contribution < -0.4 is 11.1 Å². The number of nitrogens with zero attached hydrogens (tertiary/aromatic N) is 2. The number of hydrogen-bond donors (Lipinski definition) is 3. The van der Waals surface area contributed by atoms with E-state index in [9.17, 15) is 9.59 Å². The van der Waals surface area contributed by atoms with Crippen LogP contribution in [0.25, 0.3) is 0 Å². The minimum atomic E-state index is -1.04. The quantitative estimate of drug-likeness (QED) is 0.739. The molecule has 0 aliphatic carbocycles. The number of carboxylic acid groups (broad SMARTS) is 1. The van der Waals surface area contributed by atoms with Gasteiger partial charge in [0, 0.05) is 24.5 Å². The summed E-state index contributed by atoms with van der Waals surface area (Å²) in [6.07, 6.45) is 2.91. The molecular formula is C14H14N4O3. The zero-order valence-corrected chi connectivity index (χ0v) is 11.1. The second-order valence-electron chi connectivity index (χ2n) is 4.26. The Kier molecular flexibility index (Phi) is 4.57. The molecule has 2 aromatic rings. The first-order valence-electron chi connectivity index (χ1n) is 6.21. The van der Waals surface area contributed by atoms with Crippen molar-refractivity contribution >= 4 is 11.9 Å². The first-order valence-corrected chi connectivity index (χ1v) is 6.21. The molecule has 2 rings (SSSR count). The second-order valence-corrected chi connectivity index (χ2v) is 4.26. The lowest BCUT2D eigenvalue weighted by Gasteiger charge is -2.06. The van der Waals surface area contributed by atoms with E-state index in [1.165, 1.54) is 24.5 Å². The van der Waals surface area contributed by atoms with Crippen LogP contribution in [0.4, 0.5) is 0 Å². The van der Waals surface area contributed by atoms with E-state index in [2.05, 4.69) is 15.3 Å². The molecule has 0 fully saturated rings. The van der Waals surface area contributed by atoms with Crippen molar-refractivity contribution in [1.82, 2.24) is 15.3 Å². The maximum atomic E-state index is 12.0. The molecule has 2 aromatic heterocycles. The summed E-state index contributed by atoms with van der Waals surface area (Å²) in [6.45, 7) is 0.392. The van der Waals surface area contributed by atoms with E-state index in [1.807, 2.05) is 0 Å². The lowest BCUT2D eigenvalue weighted by molar-refractivity contribution is 0.0696. The summed E-state index contributed by atoms with van der Waals surface area (Å²) in [5.74, 6) is -1.33. The summed E-state index contributed by atoms with van der Waals surface area (Å²) < 4.78 is 0. The molecule has 0 atom stereocenters. The molecule has 0 spiro atoms. The fourth-order valence-electron chi connectivity index (χ4n) is 1.71. The number of rotatable bonds is 5. The number of carboxylic acids is 1. The van der Waals surface area contributed by atoms with Crippen molar-refractivity contribution in [3.8, 4) is 0 Å². The molecule has 0 aliphatic heterocycles. The third-order valence-electron chi connectivity index (χ3n) is 2.78. The predicted molar refractivity (Wildman–Crippen MR) is 74.5 cm³/mol. The molecule has 0 radical (unpaired) electrons. The van der Waals surface area contributed by atoms with E-state index in [0.29, 0.717) is 17.0 Å². The van der Waals surface area contributed by atoms with Crippen LogP contribution in [0.5, 0.6) is 0 Å². The highest BCUT2D eigenvalue weighted by atomic mass is 16.4. The summed E-state index contributed by atoms with van der Waals surface area (Å²) in [5.41, 5.74) is 7.13. The zero-order valence-electron chi connectivity index (χ0n) is 11.1. The number of carbonyl (C=O) groups excluding carboxylic acids is 1. The Hall–Kier alpha value is -2.80. The summed E-state index contributed by atoms with van der Waals surface area (Å²) in [7, 11) is 0. The molecule has 4 N–H and O–H groups in total. The molecule has 2 heterocycles. The minimum absolute atomic E-state index is 0.128. The SMILES string of the molecule is NCc1cc(C(=O)NCc2cc(C(=O)O)ccn2)ccn1. The van der Waals surface area contributed by atoms with Gasteiger partial charge in [0.1, 0.15) is 0 Å². The van der Waals surface area contributed by atoms with Crippen LogP contribution in [0.15, 0.2) is 36.7 Å². The van der Waals surface area contributed by atoms with Gasteiger partial charge >= 0.3 is 5.97 Å². The number of nitrogens with one attached hydrogen (secondary N) is 1. The highest BCUT2D eigenvalue weighted by Crippen LogP contribution is 2.04. The van der Waals surface area contributed by atoms with Crippen molar-refractivity contribution in [2.75, 3.05) is 0 Å². The van der Waals surface area contributed by atoms with Crippen molar-refractivity contribution < 1.29 is 14.7 Å². The average Bonchev–Trinajstić information content (AvgIpc) is 2.53. The van der Waals surface area contributed by atoms with Gasteiger partial charge in [-0.2, -0.15) is 0 Å². The smallest absolute Gasteiger partial charge is 0.335 e. The molecule has 0 saturated heterocycles. The van der Waals surface area contributed by atoms with Gasteiger partial charge in [-0.3, -0.25) is 14.8 Å². The molecule has 1 amide bonds. The second kappa shape index (κ2) is 6.58. The van der Waals surface area contributed by atoms with Crippen LogP contribution in [-0.2, 0) is 13.1 Å². The van der Waals surface area contributed by atoms with Crippen molar-refractivity contribution in [2.45, 2.75) is 13.1 Å². The largest absolute Gasteiger partial charge is 0.478 e. The summed E-state index contributed by atoms with van der Waals surface area (Å²) in [4.78, 5) is 30.8. The lowest BCUT2D eigenvalue weighted by Crippen LogP contribution is -2.23. The van der Waals surface area contributed by atoms with Crippen LogP contribution in [0.3, 0.4) is 0 Å². The highest BCUT2D eigenvalue weighted by molar-refractivity contribution is 5.94. The molecule has 108 valence electrons. The number of amides is 1. The Morgan fingerprint density at radius 3 is 2.38 bits per heavy atom. The molecule has 0 aromatic carbocycles. The lowest BCUT2D eigenvalue weighted by atomic mass is 10.2. The average molecular weight is 286 g/mol. The first-order chi connectivity index (χ1) is 10.1. The third kappa shape index (κ3) is 3.83. The van der Waals surface area contributed by atoms with Crippen molar-refractivity contribution in [3.63, 3.8) is 0 Å². The fraction of sp³-hybridized carbons (Fsp3) is 0.143. The Morgan fingerprint density at radius 1 is 1.10 bits per heavy atom. The van der Waals surface area contributed by atoms with Crippen molar-refractivity contribution in [3.05, 3.63) is 59.2 Å². The van der Waals surface area contributed by atoms with Crippen LogP contribution >= 0.6 is 0 Å². The summed E-state index contributed by atoms with van der Waals surface area (Å²) in [5, 5.41) is 11.6. The Morgan fingerprint density at radius 2 is 1.71 bits per heavy atom. The van der Waals surface area contributed by atoms with Gasteiger partial charge in [0.25, 0.3) is 5.91 Å². The fourth-order valence-corrected chi connectivity index (χ4v) is 1.71. The van der Waals surface area contributed by atoms with Gasteiger partial charge in [0.2, 0.25) is 0 Å². The summed E-state index contributed by atoms with van der Waals surface area (Å²) in [6, 6.07) is 6.00. The van der Waals surface area contributed by atoms with Crippen molar-refractivity contribution in [1.29, 1.82) is 0 Å². The van der Waals surface area contributed by atoms with E-state index >= 15 is 0 Å². The normalized spacial score (nSPS) is 10.1. The topological polar surface area (TPSA) is 118 Å². The Balaban J connectivity index is 2.03. The van der Waals surface area contributed by atoms with E-state index in [0.717, 1.165) is 0 Å². The standard InChI is InChI=1S/C14H14N4O3/c15-7-11-5-9(1-3-16-11)13(19)18-8-12-6-10(14(20)21)2-4-17-12/h1-6H,7-8,15H2,(H,18,19)(H,20,21). The molecule has 7 nitrogen and oxygen atoms in total. The van der Waals surface area contributed by atoms with Gasteiger partial charge < -0.3 is 16.2 Å². The van der Waals surface area contributed by atoms with E-state index in [4.69, 9.17) is 10.8 Å². The first kappa shape index (κ1) is 14.6. The van der Waals surface area contributed by atoms with E-state index < -0.39 is 5.97 Å². The highest BCUT2D eigenvalue weighted by Gasteiger charge is 2.08. The molecule has 0 saturated carbocycles. The molecular weight excluding hydrogens is 272 g/mol. The zero-order chi connectivity index (χ0) is 15.2. The molecule has 7 heteroatoms. The van der Waals surface area contributed by atoms with Crippen LogP contribution in [0.2, 0.25) is 0 Å². The van der Waals surface area contributed by atoms with E-state index in [1.54, 1.807) is 12.1 Å². The Bertz CT molecular complexity index is 673. The van der Waals surface area contributed by atoms with E-state index in [-0.39, 0.29) is 24.6 Å². The van der Waals surface area contributed by atoms with Crippen molar-refractivity contribution in [2.24, 2.45) is 5.73 Å². The summed E-state index contributed by atoms with van der Waals surface area (Å²) >= 11 is 0. The molecule has 0 unspecified atom stereocenters. The molecule has 0 aliphatic rings. The third-order valence-corrected chi connectivity index (χ3v) is 2.78. The Labute approximate surface area is 120 Å². The maximum Gasteiger partial charge on any atom is 0.335 e. The number of hydrogen-bond acceptors (Lipinski definition) is 5. The van der Waals surface area contributed by atoms with Gasteiger partial charge in [0.15, 0.2) is 0 Å². The minimum Gasteiger partial charge on any atom is -0.478 e. The molecule has 21 heavy (non-hydrogen) atoms. The van der Waals surface area contributed by atoms with Gasteiger partial charge in [-0.15, -0.1) is 0 Å². The number of aromatic carboxylic acids is 1. The number of pyridine rings is 2.